The van der Waals surface area contributed by atoms with E-state index in [0.717, 1.165) is 28.7 Å². The van der Waals surface area contributed by atoms with Crippen molar-refractivity contribution in [3.63, 3.8) is 0 Å². The number of halogens is 2. The maximum absolute atomic E-state index is 6.14. The van der Waals surface area contributed by atoms with Crippen molar-refractivity contribution in [1.29, 1.82) is 0 Å². The van der Waals surface area contributed by atoms with Gasteiger partial charge in [0.2, 0.25) is 0 Å². The molecule has 0 aliphatic rings. The largest absolute Gasteiger partial charge is 0.330 e. The molecule has 96 valence electrons. The van der Waals surface area contributed by atoms with Gasteiger partial charge in [-0.25, -0.2) is 0 Å². The highest BCUT2D eigenvalue weighted by Crippen LogP contribution is 2.23. The van der Waals surface area contributed by atoms with E-state index in [-0.39, 0.29) is 5.41 Å². The van der Waals surface area contributed by atoms with Gasteiger partial charge in [-0.05, 0) is 42.8 Å². The molecule has 0 radical (unpaired) electrons. The highest BCUT2D eigenvalue weighted by molar-refractivity contribution is 6.33. The van der Waals surface area contributed by atoms with Crippen molar-refractivity contribution in [2.24, 2.45) is 11.1 Å². The lowest BCUT2D eigenvalue weighted by Gasteiger charge is -2.29. The van der Waals surface area contributed by atoms with Crippen LogP contribution >= 0.6 is 23.2 Å². The van der Waals surface area contributed by atoms with Gasteiger partial charge in [-0.3, -0.25) is 0 Å². The van der Waals surface area contributed by atoms with Crippen LogP contribution in [0.3, 0.4) is 0 Å². The molecule has 0 amide bonds. The lowest BCUT2D eigenvalue weighted by molar-refractivity contribution is 0.210. The third kappa shape index (κ3) is 4.84. The van der Waals surface area contributed by atoms with Crippen LogP contribution in [0, 0.1) is 5.41 Å². The van der Waals surface area contributed by atoms with Gasteiger partial charge in [0.15, 0.2) is 0 Å². The molecule has 0 heterocycles. The minimum absolute atomic E-state index is 0.111. The first-order chi connectivity index (χ1) is 7.84. The summed E-state index contributed by atoms with van der Waals surface area (Å²) in [5.74, 6) is 0. The molecule has 0 fully saturated rings. The van der Waals surface area contributed by atoms with E-state index in [9.17, 15) is 0 Å². The molecule has 1 rings (SSSR count). The number of hydrogen-bond donors (Lipinski definition) is 1. The van der Waals surface area contributed by atoms with Crippen LogP contribution in [-0.2, 0) is 6.54 Å². The molecule has 0 unspecified atom stereocenters. The summed E-state index contributed by atoms with van der Waals surface area (Å²) in [4.78, 5) is 2.21. The molecular weight excluding hydrogens is 255 g/mol. The van der Waals surface area contributed by atoms with Crippen LogP contribution in [0.2, 0.25) is 10.0 Å². The van der Waals surface area contributed by atoms with Gasteiger partial charge in [0, 0.05) is 23.1 Å². The van der Waals surface area contributed by atoms with Crippen molar-refractivity contribution in [2.75, 3.05) is 20.1 Å². The molecule has 0 aliphatic heterocycles. The van der Waals surface area contributed by atoms with Crippen LogP contribution in [0.25, 0.3) is 0 Å². The maximum atomic E-state index is 6.14. The molecule has 1 aromatic rings. The van der Waals surface area contributed by atoms with Gasteiger partial charge < -0.3 is 10.6 Å². The van der Waals surface area contributed by atoms with E-state index in [1.807, 2.05) is 12.1 Å². The smallest absolute Gasteiger partial charge is 0.0452 e. The molecule has 1 aromatic carbocycles. The molecule has 0 saturated heterocycles. The Morgan fingerprint density at radius 3 is 2.53 bits per heavy atom. The fourth-order valence-electron chi connectivity index (χ4n) is 1.81. The Kier molecular flexibility index (Phi) is 5.26. The summed E-state index contributed by atoms with van der Waals surface area (Å²) in [5.41, 5.74) is 6.89. The Morgan fingerprint density at radius 1 is 1.29 bits per heavy atom. The van der Waals surface area contributed by atoms with E-state index >= 15 is 0 Å². The maximum Gasteiger partial charge on any atom is 0.0452 e. The SMILES string of the molecule is CN(Cc1cc(Cl)ccc1Cl)CC(C)(C)CN. The molecule has 0 bridgehead atoms. The molecule has 0 aromatic heterocycles. The summed E-state index contributed by atoms with van der Waals surface area (Å²) in [6, 6.07) is 5.55. The lowest BCUT2D eigenvalue weighted by atomic mass is 9.93. The Hall–Kier alpha value is -0.280. The zero-order chi connectivity index (χ0) is 13.1. The van der Waals surface area contributed by atoms with Gasteiger partial charge in [0.05, 0.1) is 0 Å². The summed E-state index contributed by atoms with van der Waals surface area (Å²) >= 11 is 12.1. The molecule has 4 heteroatoms. The molecule has 2 nitrogen and oxygen atoms in total. The van der Waals surface area contributed by atoms with Gasteiger partial charge in [-0.15, -0.1) is 0 Å². The summed E-state index contributed by atoms with van der Waals surface area (Å²) in [5, 5.41) is 1.47. The van der Waals surface area contributed by atoms with Crippen molar-refractivity contribution in [1.82, 2.24) is 4.90 Å². The minimum atomic E-state index is 0.111. The van der Waals surface area contributed by atoms with Crippen molar-refractivity contribution in [2.45, 2.75) is 20.4 Å². The van der Waals surface area contributed by atoms with E-state index in [1.54, 1.807) is 6.07 Å². The van der Waals surface area contributed by atoms with Gasteiger partial charge in [0.25, 0.3) is 0 Å². The molecular formula is C13H20Cl2N2. The average molecular weight is 275 g/mol. The number of nitrogens with two attached hydrogens (primary N) is 1. The summed E-state index contributed by atoms with van der Waals surface area (Å²) < 4.78 is 0. The van der Waals surface area contributed by atoms with Gasteiger partial charge in [0.1, 0.15) is 0 Å². The first kappa shape index (κ1) is 14.8. The molecule has 0 aliphatic carbocycles. The third-order valence-electron chi connectivity index (χ3n) is 2.70. The zero-order valence-electron chi connectivity index (χ0n) is 10.6. The number of hydrogen-bond acceptors (Lipinski definition) is 2. The van der Waals surface area contributed by atoms with Crippen molar-refractivity contribution in [3.05, 3.63) is 33.8 Å². The van der Waals surface area contributed by atoms with E-state index in [1.165, 1.54) is 0 Å². The third-order valence-corrected chi connectivity index (χ3v) is 3.30. The molecule has 17 heavy (non-hydrogen) atoms. The van der Waals surface area contributed by atoms with E-state index < -0.39 is 0 Å². The summed E-state index contributed by atoms with van der Waals surface area (Å²) in [6.45, 7) is 6.68. The van der Waals surface area contributed by atoms with Crippen LogP contribution in [0.4, 0.5) is 0 Å². The minimum Gasteiger partial charge on any atom is -0.330 e. The highest BCUT2D eigenvalue weighted by Gasteiger charge is 2.18. The predicted octanol–water partition coefficient (Wildman–Crippen LogP) is 3.41. The van der Waals surface area contributed by atoms with Crippen molar-refractivity contribution in [3.8, 4) is 0 Å². The number of nitrogens with zero attached hydrogens (tertiary/aromatic N) is 1. The van der Waals surface area contributed by atoms with Crippen LogP contribution in [0.15, 0.2) is 18.2 Å². The fraction of sp³-hybridized carbons (Fsp3) is 0.538. The van der Waals surface area contributed by atoms with E-state index in [0.29, 0.717) is 6.54 Å². The Bertz CT molecular complexity index is 378. The lowest BCUT2D eigenvalue weighted by Crippen LogP contribution is -2.36. The quantitative estimate of drug-likeness (QED) is 0.892. The first-order valence-electron chi connectivity index (χ1n) is 5.66. The monoisotopic (exact) mass is 274 g/mol. The Morgan fingerprint density at radius 2 is 1.94 bits per heavy atom. The highest BCUT2D eigenvalue weighted by atomic mass is 35.5. The van der Waals surface area contributed by atoms with Crippen molar-refractivity contribution < 1.29 is 0 Å². The van der Waals surface area contributed by atoms with Crippen molar-refractivity contribution >= 4 is 23.2 Å². The van der Waals surface area contributed by atoms with Gasteiger partial charge in [-0.2, -0.15) is 0 Å². The summed E-state index contributed by atoms with van der Waals surface area (Å²) in [6.07, 6.45) is 0. The predicted molar refractivity (Wildman–Crippen MR) is 75.6 cm³/mol. The fourth-order valence-corrected chi connectivity index (χ4v) is 2.18. The van der Waals surface area contributed by atoms with Crippen LogP contribution in [0.1, 0.15) is 19.4 Å². The standard InChI is InChI=1S/C13H20Cl2N2/c1-13(2,8-16)9-17(3)7-10-6-11(14)4-5-12(10)15/h4-6H,7-9,16H2,1-3H3. The molecule has 0 spiro atoms. The van der Waals surface area contributed by atoms with Crippen LogP contribution in [-0.4, -0.2) is 25.0 Å². The second-order valence-corrected chi connectivity index (χ2v) is 6.12. The second-order valence-electron chi connectivity index (χ2n) is 5.28. The Balaban J connectivity index is 2.68. The average Bonchev–Trinajstić information content (AvgIpc) is 2.23. The Labute approximate surface area is 114 Å². The first-order valence-corrected chi connectivity index (χ1v) is 6.42. The molecule has 0 atom stereocenters. The van der Waals surface area contributed by atoms with Crippen LogP contribution in [0.5, 0.6) is 0 Å². The number of rotatable bonds is 5. The van der Waals surface area contributed by atoms with Crippen LogP contribution < -0.4 is 5.73 Å². The number of benzene rings is 1. The van der Waals surface area contributed by atoms with E-state index in [2.05, 4.69) is 25.8 Å². The normalized spacial score (nSPS) is 12.2. The molecule has 0 saturated carbocycles. The second kappa shape index (κ2) is 6.05. The zero-order valence-corrected chi connectivity index (χ0v) is 12.1. The van der Waals surface area contributed by atoms with Gasteiger partial charge >= 0.3 is 0 Å². The van der Waals surface area contributed by atoms with E-state index in [4.69, 9.17) is 28.9 Å². The summed E-state index contributed by atoms with van der Waals surface area (Å²) in [7, 11) is 2.06. The topological polar surface area (TPSA) is 29.3 Å². The van der Waals surface area contributed by atoms with Gasteiger partial charge in [-0.1, -0.05) is 37.0 Å². The molecule has 2 N–H and O–H groups in total.